The topological polar surface area (TPSA) is 0 Å². The van der Waals surface area contributed by atoms with E-state index in [-0.39, 0.29) is 5.41 Å². The standard InChI is InChI=1S/C63H62/c1-7-9-13-23-41(3)40-63(6,43(5)37-44-24-14-10-15-25-44)49-36-42(4)56-48(38-49)39-55-51(56)32-22-33-52(55)60-50(8-2)58(46-26-16-11-17-27-46)61-53-34-20-30-45-31-21-35-54(57(45)53)62(61)59(60)47-28-18-12-19-29-47/h7,9-18,20-26,30-36,38,43,46-47H,1,8,19,27-29,37,39-40H2,2-6H3. The molecular formula is C63H62. The summed E-state index contributed by atoms with van der Waals surface area (Å²) in [4.78, 5) is 0. The Bertz CT molecular complexity index is 2920. The fourth-order valence-electron chi connectivity index (χ4n) is 12.3. The summed E-state index contributed by atoms with van der Waals surface area (Å²) < 4.78 is 0. The molecule has 0 N–H and O–H groups in total. The van der Waals surface area contributed by atoms with Gasteiger partial charge in [-0.3, -0.25) is 0 Å². The molecule has 0 fully saturated rings. The van der Waals surface area contributed by atoms with Crippen molar-refractivity contribution >= 4 is 10.8 Å². The summed E-state index contributed by atoms with van der Waals surface area (Å²) >= 11 is 0. The van der Waals surface area contributed by atoms with E-state index in [0.717, 1.165) is 44.9 Å². The summed E-state index contributed by atoms with van der Waals surface area (Å²) in [7, 11) is 0. The van der Waals surface area contributed by atoms with Gasteiger partial charge < -0.3 is 0 Å². The third-order valence-corrected chi connectivity index (χ3v) is 15.4. The van der Waals surface area contributed by atoms with Crippen molar-refractivity contribution in [3.05, 3.63) is 214 Å². The summed E-state index contributed by atoms with van der Waals surface area (Å²) in [6.07, 6.45) is 31.1. The number of aryl methyl sites for hydroxylation is 1. The van der Waals surface area contributed by atoms with Crippen LogP contribution in [0.5, 0.6) is 0 Å². The minimum Gasteiger partial charge on any atom is -0.0991 e. The minimum atomic E-state index is -0.0697. The number of benzene rings is 6. The fraction of sp³-hybridized carbons (Fsp3) is 0.270. The molecule has 4 aliphatic carbocycles. The zero-order valence-corrected chi connectivity index (χ0v) is 38.1. The van der Waals surface area contributed by atoms with Gasteiger partial charge in [-0.05, 0) is 182 Å². The first-order chi connectivity index (χ1) is 30.8. The van der Waals surface area contributed by atoms with Crippen LogP contribution in [0.15, 0.2) is 170 Å². The largest absolute Gasteiger partial charge is 0.0991 e. The molecule has 0 aromatic heterocycles. The van der Waals surface area contributed by atoms with Crippen molar-refractivity contribution in [1.29, 1.82) is 0 Å². The maximum atomic E-state index is 3.91. The average Bonchev–Trinajstić information content (AvgIpc) is 3.86. The Morgan fingerprint density at radius 1 is 0.778 bits per heavy atom. The molecule has 4 atom stereocenters. The Balaban J connectivity index is 1.18. The molecule has 10 rings (SSSR count). The summed E-state index contributed by atoms with van der Waals surface area (Å²) in [5.74, 6) is 1.22. The molecule has 0 saturated carbocycles. The lowest BCUT2D eigenvalue weighted by molar-refractivity contribution is 0.308. The second-order valence-electron chi connectivity index (χ2n) is 19.3. The van der Waals surface area contributed by atoms with Gasteiger partial charge >= 0.3 is 0 Å². The predicted molar refractivity (Wildman–Crippen MR) is 272 cm³/mol. The molecule has 4 aliphatic rings. The second-order valence-corrected chi connectivity index (χ2v) is 19.3. The molecule has 0 heteroatoms. The zero-order chi connectivity index (χ0) is 43.2. The quantitative estimate of drug-likeness (QED) is 0.0851. The zero-order valence-electron chi connectivity index (χ0n) is 38.1. The van der Waals surface area contributed by atoms with Crippen molar-refractivity contribution in [1.82, 2.24) is 0 Å². The van der Waals surface area contributed by atoms with Crippen LogP contribution < -0.4 is 0 Å². The van der Waals surface area contributed by atoms with Crippen molar-refractivity contribution in [2.45, 2.75) is 103 Å². The van der Waals surface area contributed by atoms with Crippen molar-refractivity contribution in [3.8, 4) is 44.5 Å². The van der Waals surface area contributed by atoms with Gasteiger partial charge in [-0.1, -0.05) is 191 Å². The number of allylic oxidation sites excluding steroid dienone is 11. The molecule has 0 amide bonds. The SMILES string of the molecule is C=CC=CC=C(C)CC(C)(c1cc(C)c2c(c1)Cc1c-2cccc1-c1c(CC)c(C2C=CC=CC2)c2c(c1C1CC=CCC1)-c1cccc3cccc-2c13)C(C)Cc1ccccc1. The van der Waals surface area contributed by atoms with E-state index in [4.69, 9.17) is 0 Å². The van der Waals surface area contributed by atoms with Crippen molar-refractivity contribution in [2.75, 3.05) is 0 Å². The van der Waals surface area contributed by atoms with E-state index in [1.165, 1.54) is 95.1 Å². The summed E-state index contributed by atoms with van der Waals surface area (Å²) in [5.41, 5.74) is 25.1. The Kier molecular flexibility index (Phi) is 11.0. The number of hydrogen-bond acceptors (Lipinski definition) is 0. The van der Waals surface area contributed by atoms with Crippen molar-refractivity contribution < 1.29 is 0 Å². The smallest absolute Gasteiger partial charge is 0.00650 e. The van der Waals surface area contributed by atoms with Crippen LogP contribution in [0.2, 0.25) is 0 Å². The maximum absolute atomic E-state index is 3.91. The highest BCUT2D eigenvalue weighted by Gasteiger charge is 2.39. The number of fused-ring (bicyclic) bond motifs is 6. The van der Waals surface area contributed by atoms with Crippen LogP contribution in [-0.2, 0) is 24.7 Å². The molecule has 0 nitrogen and oxygen atoms in total. The first kappa shape index (κ1) is 41.1. The fourth-order valence-corrected chi connectivity index (χ4v) is 12.3. The summed E-state index contributed by atoms with van der Waals surface area (Å²) in [6.45, 7) is 16.0. The van der Waals surface area contributed by atoms with Gasteiger partial charge in [0.05, 0.1) is 0 Å². The molecule has 63 heavy (non-hydrogen) atoms. The van der Waals surface area contributed by atoms with Crippen LogP contribution in [0, 0.1) is 12.8 Å². The van der Waals surface area contributed by atoms with Crippen LogP contribution in [0.4, 0.5) is 0 Å². The van der Waals surface area contributed by atoms with Gasteiger partial charge in [0.15, 0.2) is 0 Å². The lowest BCUT2D eigenvalue weighted by atomic mass is 9.66. The molecule has 0 heterocycles. The third-order valence-electron chi connectivity index (χ3n) is 15.4. The summed E-state index contributed by atoms with van der Waals surface area (Å²) in [6, 6.07) is 37.7. The predicted octanol–water partition coefficient (Wildman–Crippen LogP) is 17.2. The maximum Gasteiger partial charge on any atom is 0.00650 e. The Labute approximate surface area is 377 Å². The molecule has 314 valence electrons. The molecule has 0 spiro atoms. The van der Waals surface area contributed by atoms with Crippen LogP contribution in [0.25, 0.3) is 55.3 Å². The molecule has 6 aromatic rings. The summed E-state index contributed by atoms with van der Waals surface area (Å²) in [5, 5.41) is 2.80. The Morgan fingerprint density at radius 3 is 2.21 bits per heavy atom. The monoisotopic (exact) mass is 818 g/mol. The van der Waals surface area contributed by atoms with E-state index in [1.54, 1.807) is 16.7 Å². The van der Waals surface area contributed by atoms with E-state index < -0.39 is 0 Å². The van der Waals surface area contributed by atoms with Gasteiger partial charge in [0.1, 0.15) is 0 Å². The van der Waals surface area contributed by atoms with Gasteiger partial charge in [0, 0.05) is 5.92 Å². The van der Waals surface area contributed by atoms with Crippen molar-refractivity contribution in [3.63, 3.8) is 0 Å². The molecular weight excluding hydrogens is 757 g/mol. The Morgan fingerprint density at radius 2 is 1.51 bits per heavy atom. The van der Waals surface area contributed by atoms with E-state index in [9.17, 15) is 0 Å². The lowest BCUT2D eigenvalue weighted by Crippen LogP contribution is -2.32. The van der Waals surface area contributed by atoms with E-state index in [0.29, 0.717) is 17.8 Å². The highest BCUT2D eigenvalue weighted by Crippen LogP contribution is 2.59. The van der Waals surface area contributed by atoms with Crippen LogP contribution >= 0.6 is 0 Å². The van der Waals surface area contributed by atoms with Crippen molar-refractivity contribution in [2.24, 2.45) is 5.92 Å². The number of hydrogen-bond donors (Lipinski definition) is 0. The molecule has 6 aromatic carbocycles. The van der Waals surface area contributed by atoms with Gasteiger partial charge in [0.2, 0.25) is 0 Å². The van der Waals surface area contributed by atoms with Crippen LogP contribution in [0.1, 0.15) is 116 Å². The highest BCUT2D eigenvalue weighted by atomic mass is 14.4. The number of rotatable bonds is 12. The molecule has 0 aliphatic heterocycles. The van der Waals surface area contributed by atoms with Crippen LogP contribution in [-0.4, -0.2) is 0 Å². The van der Waals surface area contributed by atoms with Gasteiger partial charge in [-0.15, -0.1) is 0 Å². The third kappa shape index (κ3) is 7.07. The van der Waals surface area contributed by atoms with E-state index in [1.807, 2.05) is 12.2 Å². The van der Waals surface area contributed by atoms with Crippen LogP contribution in [0.3, 0.4) is 0 Å². The second kappa shape index (κ2) is 17.0. The average molecular weight is 819 g/mol. The highest BCUT2D eigenvalue weighted by molar-refractivity contribution is 6.18. The molecule has 0 saturated heterocycles. The molecule has 0 radical (unpaired) electrons. The first-order valence-electron chi connectivity index (χ1n) is 23.8. The van der Waals surface area contributed by atoms with Gasteiger partial charge in [-0.2, -0.15) is 0 Å². The normalized spacial score (nSPS) is 18.7. The molecule has 4 unspecified atom stereocenters. The van der Waals surface area contributed by atoms with E-state index >= 15 is 0 Å². The molecule has 0 bridgehead atoms. The lowest BCUT2D eigenvalue weighted by Gasteiger charge is -2.38. The minimum absolute atomic E-state index is 0.0697. The first-order valence-corrected chi connectivity index (χ1v) is 23.8. The van der Waals surface area contributed by atoms with Gasteiger partial charge in [0.25, 0.3) is 0 Å². The van der Waals surface area contributed by atoms with E-state index in [2.05, 4.69) is 187 Å². The van der Waals surface area contributed by atoms with Gasteiger partial charge in [-0.25, -0.2) is 0 Å². The Hall–Kier alpha value is -5.98.